The number of hydrogen-bond acceptors (Lipinski definition) is 8. The number of aromatic amines is 1. The summed E-state index contributed by atoms with van der Waals surface area (Å²) in [6.07, 6.45) is -0.338. The minimum Gasteiger partial charge on any atom is -0.508 e. The molecule has 0 radical (unpaired) electrons. The Morgan fingerprint density at radius 2 is 1.90 bits per heavy atom. The number of aromatic nitrogens is 2. The van der Waals surface area contributed by atoms with E-state index in [0.29, 0.717) is 54.9 Å². The number of nitrogens with zero attached hydrogens (tertiary/aromatic N) is 2. The summed E-state index contributed by atoms with van der Waals surface area (Å²) in [6, 6.07) is 11.7. The van der Waals surface area contributed by atoms with Gasteiger partial charge in [0.15, 0.2) is 11.9 Å². The van der Waals surface area contributed by atoms with E-state index < -0.39 is 12.1 Å². The zero-order valence-corrected chi connectivity index (χ0v) is 23.2. The van der Waals surface area contributed by atoms with Crippen LogP contribution in [0.4, 0.5) is 16.3 Å². The third kappa shape index (κ3) is 5.63. The van der Waals surface area contributed by atoms with E-state index in [1.165, 1.54) is 0 Å². The Bertz CT molecular complexity index is 1610. The van der Waals surface area contributed by atoms with E-state index in [1.807, 2.05) is 20.8 Å². The zero-order valence-electron chi connectivity index (χ0n) is 23.2. The molecule has 1 atom stereocenters. The molecule has 2 aliphatic rings. The van der Waals surface area contributed by atoms with Crippen molar-refractivity contribution in [2.75, 3.05) is 36.9 Å². The van der Waals surface area contributed by atoms with Crippen molar-refractivity contribution in [3.8, 4) is 11.5 Å². The van der Waals surface area contributed by atoms with Gasteiger partial charge in [-0.2, -0.15) is 0 Å². The van der Waals surface area contributed by atoms with E-state index in [9.17, 15) is 14.7 Å². The molecule has 1 saturated heterocycles. The van der Waals surface area contributed by atoms with Crippen molar-refractivity contribution >= 4 is 34.2 Å². The lowest BCUT2D eigenvalue weighted by Crippen LogP contribution is -2.35. The molecule has 11 heteroatoms. The second-order valence-electron chi connectivity index (χ2n) is 11.5. The van der Waals surface area contributed by atoms with Gasteiger partial charge in [-0.1, -0.05) is 25.9 Å². The van der Waals surface area contributed by atoms with Crippen molar-refractivity contribution in [2.24, 2.45) is 0 Å². The highest BCUT2D eigenvalue weighted by molar-refractivity contribution is 6.04. The molecule has 0 bridgehead atoms. The Hall–Kier alpha value is -4.35. The number of aromatic hydroxyl groups is 1. The fourth-order valence-electron chi connectivity index (χ4n) is 5.15. The normalized spacial score (nSPS) is 17.3. The number of hydrogen-bond donors (Lipinski definition) is 4. The molecule has 0 aliphatic carbocycles. The van der Waals surface area contributed by atoms with Gasteiger partial charge in [-0.25, -0.2) is 4.79 Å². The molecular weight excluding hydrogens is 526 g/mol. The van der Waals surface area contributed by atoms with Crippen LogP contribution in [0.2, 0.25) is 0 Å². The van der Waals surface area contributed by atoms with Gasteiger partial charge in [0.25, 0.3) is 0 Å². The van der Waals surface area contributed by atoms with Crippen LogP contribution in [-0.2, 0) is 23.1 Å². The Morgan fingerprint density at radius 1 is 1.10 bits per heavy atom. The number of benzene rings is 2. The maximum absolute atomic E-state index is 13.5. The van der Waals surface area contributed by atoms with E-state index in [2.05, 4.69) is 25.7 Å². The molecule has 1 unspecified atom stereocenters. The lowest BCUT2D eigenvalue weighted by molar-refractivity contribution is 0.0341. The van der Waals surface area contributed by atoms with Crippen molar-refractivity contribution in [1.29, 1.82) is 0 Å². The highest BCUT2D eigenvalue weighted by Gasteiger charge is 2.31. The number of anilines is 2. The van der Waals surface area contributed by atoms with Gasteiger partial charge in [0.05, 0.1) is 18.9 Å². The van der Waals surface area contributed by atoms with Crippen LogP contribution in [0.5, 0.6) is 11.5 Å². The minimum absolute atomic E-state index is 0.179. The predicted molar refractivity (Wildman–Crippen MR) is 153 cm³/mol. The second-order valence-corrected chi connectivity index (χ2v) is 11.5. The molecule has 2 aliphatic heterocycles. The Morgan fingerprint density at radius 3 is 2.66 bits per heavy atom. The van der Waals surface area contributed by atoms with Crippen LogP contribution in [0.15, 0.2) is 47.0 Å². The van der Waals surface area contributed by atoms with Crippen molar-refractivity contribution in [1.82, 2.24) is 15.0 Å². The van der Waals surface area contributed by atoms with Gasteiger partial charge >= 0.3 is 6.03 Å². The molecule has 2 amide bonds. The van der Waals surface area contributed by atoms with E-state index in [-0.39, 0.29) is 16.9 Å². The number of amides is 2. The summed E-state index contributed by atoms with van der Waals surface area (Å²) >= 11 is 0. The van der Waals surface area contributed by atoms with Gasteiger partial charge in [-0.15, -0.1) is 0 Å². The quantitative estimate of drug-likeness (QED) is 0.246. The number of carbonyl (C=O) groups excluding carboxylic acids is 2. The van der Waals surface area contributed by atoms with Crippen LogP contribution in [-0.4, -0.2) is 64.4 Å². The van der Waals surface area contributed by atoms with Gasteiger partial charge in [0.1, 0.15) is 17.3 Å². The van der Waals surface area contributed by atoms with Gasteiger partial charge in [-0.3, -0.25) is 15.0 Å². The highest BCUT2D eigenvalue weighted by atomic mass is 16.5. The first-order valence-electron chi connectivity index (χ1n) is 13.7. The van der Waals surface area contributed by atoms with Crippen LogP contribution in [0.1, 0.15) is 48.1 Å². The van der Waals surface area contributed by atoms with Gasteiger partial charge in [-0.05, 0) is 36.4 Å². The lowest BCUT2D eigenvalue weighted by Gasteiger charge is -2.27. The number of H-pyrrole nitrogens is 1. The fraction of sp³-hybridized carbons (Fsp3) is 0.367. The van der Waals surface area contributed by atoms with Gasteiger partial charge in [0, 0.05) is 65.3 Å². The highest BCUT2D eigenvalue weighted by Crippen LogP contribution is 2.34. The average Bonchev–Trinajstić information content (AvgIpc) is 3.68. The summed E-state index contributed by atoms with van der Waals surface area (Å²) in [4.78, 5) is 31.4. The first-order valence-corrected chi connectivity index (χ1v) is 13.7. The van der Waals surface area contributed by atoms with Crippen molar-refractivity contribution < 1.29 is 28.7 Å². The van der Waals surface area contributed by atoms with Crippen molar-refractivity contribution in [2.45, 2.75) is 45.3 Å². The lowest BCUT2D eigenvalue weighted by atomic mass is 9.93. The predicted octanol–water partition coefficient (Wildman–Crippen LogP) is 4.82. The summed E-state index contributed by atoms with van der Waals surface area (Å²) in [7, 11) is 0. The topological polar surface area (TPSA) is 142 Å². The summed E-state index contributed by atoms with van der Waals surface area (Å²) in [6.45, 7) is 9.46. The number of rotatable bonds is 6. The first kappa shape index (κ1) is 26.9. The Labute approximate surface area is 236 Å². The SMILES string of the molecule is CC(C)(C)c1cc(NC(=O)Nc2ccc3c(c2)CC(C(=O)c2cc4c(CN5CCOCC5)c(O)ccc4[nH]2)O3)no1. The van der Waals surface area contributed by atoms with E-state index in [1.54, 1.807) is 42.5 Å². The van der Waals surface area contributed by atoms with E-state index >= 15 is 0 Å². The third-order valence-electron chi connectivity index (χ3n) is 7.42. The molecule has 0 saturated carbocycles. The van der Waals surface area contributed by atoms with Crippen LogP contribution in [0.25, 0.3) is 10.9 Å². The number of phenolic OH excluding ortho intramolecular Hbond substituents is 1. The number of carbonyl (C=O) groups is 2. The molecule has 214 valence electrons. The second kappa shape index (κ2) is 10.6. The molecular formula is C30H33N5O6. The molecule has 2 aromatic carbocycles. The number of fused-ring (bicyclic) bond motifs is 2. The maximum Gasteiger partial charge on any atom is 0.324 e. The number of nitrogens with one attached hydrogen (secondary N) is 3. The standard InChI is InChI=1S/C30H33N5O6/c1-30(2,3)26-15-27(34-41-26)33-29(38)31-18-4-7-24-17(12-18)13-25(40-24)28(37)22-14-19-20(16-35-8-10-39-11-9-35)23(36)6-5-21(19)32-22/h4-7,12,14-15,25,32,36H,8-11,13,16H2,1-3H3,(H2,31,33,34,38). The van der Waals surface area contributed by atoms with Crippen LogP contribution >= 0.6 is 0 Å². The number of morpholine rings is 1. The molecule has 11 nitrogen and oxygen atoms in total. The monoisotopic (exact) mass is 559 g/mol. The zero-order chi connectivity index (χ0) is 28.7. The number of ketones is 1. The van der Waals surface area contributed by atoms with Crippen LogP contribution in [0, 0.1) is 0 Å². The maximum atomic E-state index is 13.5. The molecule has 4 aromatic rings. The Kier molecular flexibility index (Phi) is 6.92. The van der Waals surface area contributed by atoms with Gasteiger partial charge in [0.2, 0.25) is 5.78 Å². The van der Waals surface area contributed by atoms with Crippen molar-refractivity contribution in [3.63, 3.8) is 0 Å². The summed E-state index contributed by atoms with van der Waals surface area (Å²) in [5, 5.41) is 20.8. The molecule has 1 fully saturated rings. The number of ether oxygens (including phenoxy) is 2. The molecule has 4 heterocycles. The van der Waals surface area contributed by atoms with Gasteiger partial charge < -0.3 is 29.4 Å². The Balaban J connectivity index is 1.12. The third-order valence-corrected chi connectivity index (χ3v) is 7.42. The molecule has 4 N–H and O–H groups in total. The first-order chi connectivity index (χ1) is 19.6. The van der Waals surface area contributed by atoms with Crippen LogP contribution < -0.4 is 15.4 Å². The van der Waals surface area contributed by atoms with Crippen molar-refractivity contribution in [3.05, 3.63) is 65.0 Å². The average molecular weight is 560 g/mol. The summed E-state index contributed by atoms with van der Waals surface area (Å²) in [5.74, 6) is 1.61. The summed E-state index contributed by atoms with van der Waals surface area (Å²) < 4.78 is 16.7. The number of phenols is 1. The summed E-state index contributed by atoms with van der Waals surface area (Å²) in [5.41, 5.74) is 3.14. The molecule has 6 rings (SSSR count). The molecule has 0 spiro atoms. The minimum atomic E-state index is -0.704. The fourth-order valence-corrected chi connectivity index (χ4v) is 5.15. The smallest absolute Gasteiger partial charge is 0.324 e. The van der Waals surface area contributed by atoms with Crippen LogP contribution in [0.3, 0.4) is 0 Å². The largest absolute Gasteiger partial charge is 0.508 e. The number of urea groups is 1. The molecule has 2 aromatic heterocycles. The van der Waals surface area contributed by atoms with E-state index in [4.69, 9.17) is 14.0 Å². The molecule has 41 heavy (non-hydrogen) atoms. The number of Topliss-reactive ketones (excluding diaryl/α,β-unsaturated/α-hetero) is 1. The van der Waals surface area contributed by atoms with E-state index in [0.717, 1.165) is 35.1 Å².